The van der Waals surface area contributed by atoms with Crippen LogP contribution in [0.1, 0.15) is 30.9 Å². The van der Waals surface area contributed by atoms with E-state index in [1.54, 1.807) is 6.20 Å². The van der Waals surface area contributed by atoms with Crippen LogP contribution in [0.15, 0.2) is 12.4 Å². The molecule has 2 rings (SSSR count). The molecule has 2 atom stereocenters. The number of nitrogens with two attached hydrogens (primary N) is 1. The van der Waals surface area contributed by atoms with E-state index in [1.165, 1.54) is 0 Å². The van der Waals surface area contributed by atoms with Gasteiger partial charge in [0.2, 0.25) is 0 Å². The normalized spacial score (nSPS) is 25.7. The van der Waals surface area contributed by atoms with Crippen molar-refractivity contribution in [2.45, 2.75) is 31.8 Å². The fraction of sp³-hybridized carbons (Fsp3) is 0.600. The van der Waals surface area contributed by atoms with E-state index in [1.807, 2.05) is 10.9 Å². The van der Waals surface area contributed by atoms with E-state index in [-0.39, 0.29) is 12.0 Å². The third-order valence-electron chi connectivity index (χ3n) is 3.02. The minimum Gasteiger partial charge on any atom is -0.481 e. The minimum atomic E-state index is -0.691. The lowest BCUT2D eigenvalue weighted by Gasteiger charge is -2.09. The average molecular weight is 209 g/mol. The highest BCUT2D eigenvalue weighted by molar-refractivity contribution is 5.70. The number of hydrogen-bond acceptors (Lipinski definition) is 3. The Morgan fingerprint density at radius 1 is 1.67 bits per heavy atom. The summed E-state index contributed by atoms with van der Waals surface area (Å²) in [6.45, 7) is 0.481. The molecule has 0 amide bonds. The number of carboxylic acids is 1. The molecule has 3 N–H and O–H groups in total. The third-order valence-corrected chi connectivity index (χ3v) is 3.02. The number of hydrogen-bond donors (Lipinski definition) is 2. The van der Waals surface area contributed by atoms with Gasteiger partial charge < -0.3 is 10.8 Å². The zero-order valence-electron chi connectivity index (χ0n) is 8.47. The van der Waals surface area contributed by atoms with Gasteiger partial charge in [-0.3, -0.25) is 9.48 Å². The number of nitrogens with zero attached hydrogens (tertiary/aromatic N) is 2. The number of rotatable bonds is 3. The largest absolute Gasteiger partial charge is 0.481 e. The number of carbonyl (C=O) groups is 1. The summed E-state index contributed by atoms with van der Waals surface area (Å²) in [7, 11) is 0. The van der Waals surface area contributed by atoms with Crippen molar-refractivity contribution in [2.75, 3.05) is 0 Å². The lowest BCUT2D eigenvalue weighted by atomic mass is 10.1. The second kappa shape index (κ2) is 4.02. The average Bonchev–Trinajstić information content (AvgIpc) is 2.86. The van der Waals surface area contributed by atoms with Crippen LogP contribution in [0, 0.1) is 5.92 Å². The highest BCUT2D eigenvalue weighted by Crippen LogP contribution is 2.34. The van der Waals surface area contributed by atoms with Crippen LogP contribution in [0.25, 0.3) is 0 Å². The van der Waals surface area contributed by atoms with Gasteiger partial charge in [-0.05, 0) is 19.3 Å². The van der Waals surface area contributed by atoms with Crippen LogP contribution in [0.2, 0.25) is 0 Å². The van der Waals surface area contributed by atoms with Gasteiger partial charge in [0.25, 0.3) is 0 Å². The Morgan fingerprint density at radius 2 is 2.47 bits per heavy atom. The predicted octanol–water partition coefficient (Wildman–Crippen LogP) is 0.768. The van der Waals surface area contributed by atoms with Gasteiger partial charge in [-0.15, -0.1) is 0 Å². The van der Waals surface area contributed by atoms with Crippen LogP contribution in [0.3, 0.4) is 0 Å². The molecular formula is C10H15N3O2. The molecule has 0 aliphatic heterocycles. The Labute approximate surface area is 87.9 Å². The number of aliphatic carboxylic acids is 1. The first-order valence-electron chi connectivity index (χ1n) is 5.16. The summed E-state index contributed by atoms with van der Waals surface area (Å²) in [6.07, 6.45) is 5.98. The van der Waals surface area contributed by atoms with Gasteiger partial charge >= 0.3 is 5.97 Å². The minimum absolute atomic E-state index is 0.208. The van der Waals surface area contributed by atoms with E-state index in [0.717, 1.165) is 18.4 Å². The van der Waals surface area contributed by atoms with Gasteiger partial charge in [0.15, 0.2) is 0 Å². The predicted molar refractivity (Wildman–Crippen MR) is 54.1 cm³/mol. The van der Waals surface area contributed by atoms with Crippen LogP contribution in [-0.2, 0) is 11.3 Å². The monoisotopic (exact) mass is 209 g/mol. The summed E-state index contributed by atoms with van der Waals surface area (Å²) >= 11 is 0. The van der Waals surface area contributed by atoms with Crippen LogP contribution in [0.4, 0.5) is 0 Å². The van der Waals surface area contributed by atoms with Crippen LogP contribution in [0.5, 0.6) is 0 Å². The maximum absolute atomic E-state index is 10.8. The van der Waals surface area contributed by atoms with Gasteiger partial charge in [-0.25, -0.2) is 0 Å². The summed E-state index contributed by atoms with van der Waals surface area (Å²) in [5, 5.41) is 13.1. The van der Waals surface area contributed by atoms with Gasteiger partial charge in [-0.1, -0.05) is 0 Å². The molecule has 1 aliphatic rings. The molecule has 5 heteroatoms. The fourth-order valence-corrected chi connectivity index (χ4v) is 2.10. The maximum atomic E-state index is 10.8. The van der Waals surface area contributed by atoms with Crippen molar-refractivity contribution in [2.24, 2.45) is 11.7 Å². The Balaban J connectivity index is 2.04. The first kappa shape index (κ1) is 10.2. The number of carboxylic acid groups (broad SMARTS) is 1. The molecule has 1 aromatic heterocycles. The molecule has 0 saturated heterocycles. The van der Waals surface area contributed by atoms with Gasteiger partial charge in [0, 0.05) is 18.3 Å². The standard InChI is InChI=1S/C10H15N3O2/c11-4-7-5-12-13(6-7)9-2-1-8(3-9)10(14)15/h5-6,8-9H,1-4,11H2,(H,14,15). The highest BCUT2D eigenvalue weighted by atomic mass is 16.4. The van der Waals surface area contributed by atoms with E-state index < -0.39 is 5.97 Å². The van der Waals surface area contributed by atoms with Gasteiger partial charge in [0.05, 0.1) is 18.2 Å². The molecule has 1 heterocycles. The summed E-state index contributed by atoms with van der Waals surface area (Å²) in [5.74, 6) is -0.899. The second-order valence-corrected chi connectivity index (χ2v) is 4.03. The third kappa shape index (κ3) is 2.02. The maximum Gasteiger partial charge on any atom is 0.306 e. The van der Waals surface area contributed by atoms with Crippen molar-refractivity contribution in [1.82, 2.24) is 9.78 Å². The highest BCUT2D eigenvalue weighted by Gasteiger charge is 2.30. The Morgan fingerprint density at radius 3 is 3.00 bits per heavy atom. The zero-order valence-corrected chi connectivity index (χ0v) is 8.47. The molecule has 1 saturated carbocycles. The van der Waals surface area contributed by atoms with Gasteiger partial charge in [-0.2, -0.15) is 5.10 Å². The topological polar surface area (TPSA) is 81.1 Å². The van der Waals surface area contributed by atoms with Crippen LogP contribution >= 0.6 is 0 Å². The van der Waals surface area contributed by atoms with E-state index in [9.17, 15) is 4.79 Å². The van der Waals surface area contributed by atoms with Crippen molar-refractivity contribution in [1.29, 1.82) is 0 Å². The molecule has 1 fully saturated rings. The summed E-state index contributed by atoms with van der Waals surface area (Å²) in [5.41, 5.74) is 6.48. The van der Waals surface area contributed by atoms with Crippen LogP contribution < -0.4 is 5.73 Å². The van der Waals surface area contributed by atoms with Crippen molar-refractivity contribution in [3.05, 3.63) is 18.0 Å². The molecule has 1 aliphatic carbocycles. The van der Waals surface area contributed by atoms with Gasteiger partial charge in [0.1, 0.15) is 0 Å². The Hall–Kier alpha value is -1.36. The second-order valence-electron chi connectivity index (χ2n) is 4.03. The molecule has 2 unspecified atom stereocenters. The quantitative estimate of drug-likeness (QED) is 0.770. The summed E-state index contributed by atoms with van der Waals surface area (Å²) in [4.78, 5) is 10.8. The fourth-order valence-electron chi connectivity index (χ4n) is 2.10. The Bertz CT molecular complexity index is 361. The van der Waals surface area contributed by atoms with Crippen molar-refractivity contribution < 1.29 is 9.90 Å². The SMILES string of the molecule is NCc1cnn(C2CCC(C(=O)O)C2)c1. The summed E-state index contributed by atoms with van der Waals surface area (Å²) in [6, 6.07) is 0.228. The summed E-state index contributed by atoms with van der Waals surface area (Å²) < 4.78 is 1.85. The van der Waals surface area contributed by atoms with E-state index in [4.69, 9.17) is 10.8 Å². The molecule has 1 aromatic rings. The lowest BCUT2D eigenvalue weighted by Crippen LogP contribution is -2.11. The van der Waals surface area contributed by atoms with E-state index >= 15 is 0 Å². The molecule has 82 valence electrons. The van der Waals surface area contributed by atoms with E-state index in [0.29, 0.717) is 13.0 Å². The molecule has 0 radical (unpaired) electrons. The van der Waals surface area contributed by atoms with E-state index in [2.05, 4.69) is 5.10 Å². The number of aromatic nitrogens is 2. The lowest BCUT2D eigenvalue weighted by molar-refractivity contribution is -0.141. The molecule has 0 spiro atoms. The smallest absolute Gasteiger partial charge is 0.306 e. The zero-order chi connectivity index (χ0) is 10.8. The molecule has 0 aromatic carbocycles. The molecule has 0 bridgehead atoms. The van der Waals surface area contributed by atoms with Crippen molar-refractivity contribution >= 4 is 5.97 Å². The molecule has 15 heavy (non-hydrogen) atoms. The first-order valence-corrected chi connectivity index (χ1v) is 5.16. The Kier molecular flexibility index (Phi) is 2.73. The molecule has 5 nitrogen and oxygen atoms in total. The molecular weight excluding hydrogens is 194 g/mol. The van der Waals surface area contributed by atoms with Crippen LogP contribution in [-0.4, -0.2) is 20.9 Å². The first-order chi connectivity index (χ1) is 7.20. The van der Waals surface area contributed by atoms with Crippen molar-refractivity contribution in [3.63, 3.8) is 0 Å². The van der Waals surface area contributed by atoms with Crippen molar-refractivity contribution in [3.8, 4) is 0 Å².